The van der Waals surface area contributed by atoms with Crippen LogP contribution < -0.4 is 11.1 Å². The Kier molecular flexibility index (Phi) is 2.85. The summed E-state index contributed by atoms with van der Waals surface area (Å²) in [4.78, 5) is 11.2. The molecule has 3 N–H and O–H groups in total. The summed E-state index contributed by atoms with van der Waals surface area (Å²) in [6.45, 7) is 2.27. The molecule has 0 radical (unpaired) electrons. The molecule has 0 spiro atoms. The van der Waals surface area contributed by atoms with Crippen LogP contribution in [0.1, 0.15) is 49.7 Å². The third-order valence-corrected chi connectivity index (χ3v) is 4.54. The SMILES string of the molecule is C[C@@]12CCCC[C@H]1c1ccccc1/C(=C\C(N)=O)N2. The van der Waals surface area contributed by atoms with Crippen LogP contribution in [-0.4, -0.2) is 11.4 Å². The monoisotopic (exact) mass is 256 g/mol. The van der Waals surface area contributed by atoms with Crippen molar-refractivity contribution < 1.29 is 4.79 Å². The lowest BCUT2D eigenvalue weighted by Gasteiger charge is -2.48. The zero-order valence-electron chi connectivity index (χ0n) is 11.3. The van der Waals surface area contributed by atoms with E-state index in [9.17, 15) is 4.79 Å². The number of nitrogens with two attached hydrogens (primary N) is 1. The molecule has 1 aromatic carbocycles. The van der Waals surface area contributed by atoms with Crippen LogP contribution in [-0.2, 0) is 4.79 Å². The molecule has 100 valence electrons. The zero-order chi connectivity index (χ0) is 13.5. The van der Waals surface area contributed by atoms with Crippen molar-refractivity contribution >= 4 is 11.6 Å². The maximum absolute atomic E-state index is 11.2. The van der Waals surface area contributed by atoms with Gasteiger partial charge in [0.15, 0.2) is 0 Å². The molecule has 1 fully saturated rings. The Hall–Kier alpha value is -1.77. The summed E-state index contributed by atoms with van der Waals surface area (Å²) in [7, 11) is 0. The number of primary amides is 1. The van der Waals surface area contributed by atoms with Crippen LogP contribution in [0.15, 0.2) is 30.3 Å². The highest BCUT2D eigenvalue weighted by atomic mass is 16.1. The van der Waals surface area contributed by atoms with Crippen LogP contribution in [0.2, 0.25) is 0 Å². The normalized spacial score (nSPS) is 31.2. The Labute approximate surface area is 113 Å². The summed E-state index contributed by atoms with van der Waals surface area (Å²) in [5, 5.41) is 3.58. The van der Waals surface area contributed by atoms with Gasteiger partial charge in [0.1, 0.15) is 0 Å². The fraction of sp³-hybridized carbons (Fsp3) is 0.438. The minimum Gasteiger partial charge on any atom is -0.379 e. The van der Waals surface area contributed by atoms with Crippen molar-refractivity contribution in [1.29, 1.82) is 0 Å². The topological polar surface area (TPSA) is 55.1 Å². The maximum Gasteiger partial charge on any atom is 0.243 e. The number of amides is 1. The van der Waals surface area contributed by atoms with Crippen molar-refractivity contribution in [3.8, 4) is 0 Å². The molecule has 19 heavy (non-hydrogen) atoms. The Morgan fingerprint density at radius 1 is 1.42 bits per heavy atom. The number of carbonyl (C=O) groups is 1. The fourth-order valence-electron chi connectivity index (χ4n) is 3.66. The second-order valence-electron chi connectivity index (χ2n) is 5.89. The zero-order valence-corrected chi connectivity index (χ0v) is 11.3. The predicted octanol–water partition coefficient (Wildman–Crippen LogP) is 2.53. The Morgan fingerprint density at radius 2 is 2.21 bits per heavy atom. The van der Waals surface area contributed by atoms with Gasteiger partial charge < -0.3 is 11.1 Å². The molecule has 1 amide bonds. The van der Waals surface area contributed by atoms with Crippen LogP contribution in [0.5, 0.6) is 0 Å². The van der Waals surface area contributed by atoms with Crippen molar-refractivity contribution in [2.75, 3.05) is 0 Å². The highest BCUT2D eigenvalue weighted by Gasteiger charge is 2.42. The molecule has 1 aliphatic carbocycles. The molecule has 3 rings (SSSR count). The summed E-state index contributed by atoms with van der Waals surface area (Å²) in [5.41, 5.74) is 8.75. The molecule has 1 aliphatic heterocycles. The van der Waals surface area contributed by atoms with Crippen molar-refractivity contribution in [2.45, 2.75) is 44.1 Å². The number of hydrogen-bond acceptors (Lipinski definition) is 2. The number of rotatable bonds is 1. The molecule has 0 aromatic heterocycles. The summed E-state index contributed by atoms with van der Waals surface area (Å²) in [6.07, 6.45) is 6.40. The molecule has 3 nitrogen and oxygen atoms in total. The summed E-state index contributed by atoms with van der Waals surface area (Å²) in [5.74, 6) is 0.137. The molecular weight excluding hydrogens is 236 g/mol. The van der Waals surface area contributed by atoms with Gasteiger partial charge in [-0.3, -0.25) is 4.79 Å². The van der Waals surface area contributed by atoms with Crippen LogP contribution in [0, 0.1) is 0 Å². The van der Waals surface area contributed by atoms with Gasteiger partial charge in [-0.25, -0.2) is 0 Å². The molecule has 3 heteroatoms. The summed E-state index contributed by atoms with van der Waals surface area (Å²) in [6, 6.07) is 8.37. The molecule has 2 aliphatic rings. The lowest BCUT2D eigenvalue weighted by molar-refractivity contribution is -0.113. The van der Waals surface area contributed by atoms with Crippen LogP contribution in [0.3, 0.4) is 0 Å². The van der Waals surface area contributed by atoms with Gasteiger partial charge >= 0.3 is 0 Å². The molecule has 1 aromatic rings. The highest BCUT2D eigenvalue weighted by Crippen LogP contribution is 2.47. The first kappa shape index (κ1) is 12.3. The Morgan fingerprint density at radius 3 is 3.00 bits per heavy atom. The minimum atomic E-state index is -0.393. The largest absolute Gasteiger partial charge is 0.379 e. The highest BCUT2D eigenvalue weighted by molar-refractivity contribution is 5.94. The number of fused-ring (bicyclic) bond motifs is 3. The first-order valence-electron chi connectivity index (χ1n) is 6.99. The van der Waals surface area contributed by atoms with E-state index >= 15 is 0 Å². The van der Waals surface area contributed by atoms with Crippen LogP contribution >= 0.6 is 0 Å². The van der Waals surface area contributed by atoms with E-state index in [0.717, 1.165) is 17.7 Å². The second kappa shape index (κ2) is 4.41. The summed E-state index contributed by atoms with van der Waals surface area (Å²) >= 11 is 0. The lowest BCUT2D eigenvalue weighted by Crippen LogP contribution is -2.51. The first-order chi connectivity index (χ1) is 9.10. The predicted molar refractivity (Wildman–Crippen MR) is 76.4 cm³/mol. The van der Waals surface area contributed by atoms with Crippen molar-refractivity contribution in [2.24, 2.45) is 5.73 Å². The van der Waals surface area contributed by atoms with Gasteiger partial charge in [-0.15, -0.1) is 0 Å². The average Bonchev–Trinajstić information content (AvgIpc) is 2.37. The van der Waals surface area contributed by atoms with Gasteiger partial charge in [0.25, 0.3) is 0 Å². The van der Waals surface area contributed by atoms with Gasteiger partial charge in [0, 0.05) is 28.8 Å². The van der Waals surface area contributed by atoms with E-state index in [1.165, 1.54) is 30.9 Å². The van der Waals surface area contributed by atoms with Gasteiger partial charge in [-0.1, -0.05) is 37.1 Å². The van der Waals surface area contributed by atoms with E-state index in [2.05, 4.69) is 30.4 Å². The van der Waals surface area contributed by atoms with Crippen molar-refractivity contribution in [3.05, 3.63) is 41.5 Å². The van der Waals surface area contributed by atoms with Gasteiger partial charge in [-0.2, -0.15) is 0 Å². The molecule has 0 bridgehead atoms. The number of benzene rings is 1. The van der Waals surface area contributed by atoms with Gasteiger partial charge in [0.2, 0.25) is 5.91 Å². The molecule has 0 unspecified atom stereocenters. The fourth-order valence-corrected chi connectivity index (χ4v) is 3.66. The van der Waals surface area contributed by atoms with Crippen LogP contribution in [0.4, 0.5) is 0 Å². The van der Waals surface area contributed by atoms with E-state index in [-0.39, 0.29) is 5.54 Å². The van der Waals surface area contributed by atoms with E-state index in [1.54, 1.807) is 0 Å². The minimum absolute atomic E-state index is 0.0495. The summed E-state index contributed by atoms with van der Waals surface area (Å²) < 4.78 is 0. The molecule has 0 saturated heterocycles. The first-order valence-corrected chi connectivity index (χ1v) is 6.99. The maximum atomic E-state index is 11.2. The Bertz CT molecular complexity index is 549. The van der Waals surface area contributed by atoms with E-state index in [0.29, 0.717) is 5.92 Å². The third kappa shape index (κ3) is 2.03. The van der Waals surface area contributed by atoms with Crippen molar-refractivity contribution in [3.63, 3.8) is 0 Å². The van der Waals surface area contributed by atoms with Gasteiger partial charge in [0.05, 0.1) is 0 Å². The lowest BCUT2D eigenvalue weighted by atomic mass is 9.67. The standard InChI is InChI=1S/C16H20N2O/c1-16-9-5-4-8-13(16)11-6-2-3-7-12(11)14(18-16)10-15(17)19/h2-3,6-7,10,13,18H,4-5,8-9H2,1H3,(H2,17,19)/b14-10+/t13-,16+/m0/s1. The third-order valence-electron chi connectivity index (χ3n) is 4.54. The second-order valence-corrected chi connectivity index (χ2v) is 5.89. The number of carbonyl (C=O) groups excluding carboxylic acids is 1. The van der Waals surface area contributed by atoms with Gasteiger partial charge in [-0.05, 0) is 25.3 Å². The van der Waals surface area contributed by atoms with E-state index < -0.39 is 5.91 Å². The van der Waals surface area contributed by atoms with E-state index in [4.69, 9.17) is 5.73 Å². The molecule has 2 atom stereocenters. The quantitative estimate of drug-likeness (QED) is 0.759. The number of hydrogen-bond donors (Lipinski definition) is 2. The Balaban J connectivity index is 2.14. The average molecular weight is 256 g/mol. The van der Waals surface area contributed by atoms with Crippen molar-refractivity contribution in [1.82, 2.24) is 5.32 Å². The smallest absolute Gasteiger partial charge is 0.243 e. The molecule has 1 saturated carbocycles. The number of nitrogens with one attached hydrogen (secondary N) is 1. The molecule has 1 heterocycles. The van der Waals surface area contributed by atoms with Crippen LogP contribution in [0.25, 0.3) is 5.70 Å². The van der Waals surface area contributed by atoms with E-state index in [1.807, 2.05) is 6.07 Å². The molecular formula is C16H20N2O.